The molecule has 16 heavy (non-hydrogen) atoms. The van der Waals surface area contributed by atoms with Crippen LogP contribution in [-0.4, -0.2) is 41.1 Å². The highest BCUT2D eigenvalue weighted by molar-refractivity contribution is 6.65. The van der Waals surface area contributed by atoms with Gasteiger partial charge in [-0.15, -0.1) is 0 Å². The van der Waals surface area contributed by atoms with Crippen LogP contribution in [0.15, 0.2) is 32.1 Å². The lowest BCUT2D eigenvalue weighted by molar-refractivity contribution is 0.189. The summed E-state index contributed by atoms with van der Waals surface area (Å²) in [5.74, 6) is -0.625. The lowest BCUT2D eigenvalue weighted by Gasteiger charge is -2.28. The Hall–Kier alpha value is -1.66. The molecule has 0 saturated heterocycles. The predicted octanol–water partition coefficient (Wildman–Crippen LogP) is -0.498. The molecular formula is C10H11N5O. The highest BCUT2D eigenvalue weighted by Crippen LogP contribution is 2.31. The molecule has 82 valence electrons. The standard InChI is InChI=1S/C10H11N5O/c11-10(6-1-2-7(16)3-6)14-4-8-9(15-10)13-5-12-8/h1-2,4-7,16H,3,11H2/t6-,7+,10?/m0/s1. The molecule has 6 heteroatoms. The first-order valence-electron chi connectivity index (χ1n) is 5.08. The average Bonchev–Trinajstić information content (AvgIpc) is 2.85. The van der Waals surface area contributed by atoms with Crippen LogP contribution in [0.5, 0.6) is 0 Å². The van der Waals surface area contributed by atoms with Crippen molar-refractivity contribution in [3.63, 3.8) is 0 Å². The number of hydrogen-bond acceptors (Lipinski definition) is 6. The number of aliphatic imine (C=N–C) groups is 4. The number of nitrogens with two attached hydrogens (primary N) is 1. The second-order valence-corrected chi connectivity index (χ2v) is 4.03. The normalized spacial score (nSPS) is 39.9. The lowest BCUT2D eigenvalue weighted by Crippen LogP contribution is -2.46. The first kappa shape index (κ1) is 9.56. The molecule has 0 aromatic carbocycles. The summed E-state index contributed by atoms with van der Waals surface area (Å²) in [6.07, 6.45) is 6.69. The first-order chi connectivity index (χ1) is 7.67. The fourth-order valence-corrected chi connectivity index (χ4v) is 1.98. The molecule has 2 heterocycles. The van der Waals surface area contributed by atoms with Crippen LogP contribution in [0.2, 0.25) is 0 Å². The summed E-state index contributed by atoms with van der Waals surface area (Å²) in [7, 11) is 0. The van der Waals surface area contributed by atoms with Gasteiger partial charge in [0.25, 0.3) is 0 Å². The van der Waals surface area contributed by atoms with Crippen molar-refractivity contribution < 1.29 is 5.11 Å². The van der Waals surface area contributed by atoms with Crippen LogP contribution >= 0.6 is 0 Å². The van der Waals surface area contributed by atoms with E-state index in [1.165, 1.54) is 6.34 Å². The summed E-state index contributed by atoms with van der Waals surface area (Å²) in [5, 5.41) is 9.44. The zero-order chi connectivity index (χ0) is 11.2. The van der Waals surface area contributed by atoms with Crippen molar-refractivity contribution in [3.8, 4) is 0 Å². The molecule has 0 spiro atoms. The largest absolute Gasteiger partial charge is 0.389 e. The highest BCUT2D eigenvalue weighted by atomic mass is 16.3. The third-order valence-corrected chi connectivity index (χ3v) is 2.89. The van der Waals surface area contributed by atoms with E-state index in [1.54, 1.807) is 12.3 Å². The van der Waals surface area contributed by atoms with Gasteiger partial charge in [0, 0.05) is 5.92 Å². The molecule has 0 amide bonds. The number of hydrogen-bond donors (Lipinski definition) is 2. The van der Waals surface area contributed by atoms with E-state index in [9.17, 15) is 5.11 Å². The topological polar surface area (TPSA) is 95.7 Å². The number of aliphatic hydroxyl groups excluding tert-OH is 1. The summed E-state index contributed by atoms with van der Waals surface area (Å²) in [5.41, 5.74) is 6.75. The van der Waals surface area contributed by atoms with Crippen molar-refractivity contribution in [3.05, 3.63) is 12.2 Å². The number of nitrogens with zero attached hydrogens (tertiary/aromatic N) is 4. The van der Waals surface area contributed by atoms with Gasteiger partial charge in [-0.1, -0.05) is 12.2 Å². The molecule has 1 unspecified atom stereocenters. The van der Waals surface area contributed by atoms with Gasteiger partial charge in [0.05, 0.1) is 12.3 Å². The minimum Gasteiger partial charge on any atom is -0.389 e. The Labute approximate surface area is 92.0 Å². The molecule has 0 fully saturated rings. The van der Waals surface area contributed by atoms with Crippen molar-refractivity contribution in [1.82, 2.24) is 0 Å². The molecule has 0 radical (unpaired) electrons. The molecule has 1 aliphatic carbocycles. The average molecular weight is 217 g/mol. The SMILES string of the molecule is NC1([C@H]2C=C[C@@H](O)C2)N=CC2=NC=NC2=N1. The Morgan fingerprint density at radius 2 is 2.31 bits per heavy atom. The van der Waals surface area contributed by atoms with E-state index in [1.807, 2.05) is 6.08 Å². The Morgan fingerprint density at radius 1 is 1.44 bits per heavy atom. The molecule has 2 aliphatic heterocycles. The number of fused-ring (bicyclic) bond motifs is 1. The number of aliphatic hydroxyl groups is 1. The van der Waals surface area contributed by atoms with Crippen molar-refractivity contribution in [1.29, 1.82) is 0 Å². The zero-order valence-corrected chi connectivity index (χ0v) is 8.48. The van der Waals surface area contributed by atoms with Gasteiger partial charge in [-0.25, -0.2) is 20.0 Å². The molecular weight excluding hydrogens is 206 g/mol. The fourth-order valence-electron chi connectivity index (χ4n) is 1.98. The van der Waals surface area contributed by atoms with E-state index in [4.69, 9.17) is 5.73 Å². The summed E-state index contributed by atoms with van der Waals surface area (Å²) in [4.78, 5) is 16.5. The summed E-state index contributed by atoms with van der Waals surface area (Å²) < 4.78 is 0. The van der Waals surface area contributed by atoms with Crippen LogP contribution < -0.4 is 5.73 Å². The predicted molar refractivity (Wildman–Crippen MR) is 62.0 cm³/mol. The van der Waals surface area contributed by atoms with Gasteiger partial charge in [0.2, 0.25) is 5.79 Å². The van der Waals surface area contributed by atoms with Crippen LogP contribution in [0.3, 0.4) is 0 Å². The third kappa shape index (κ3) is 1.35. The van der Waals surface area contributed by atoms with Crippen LogP contribution in [0, 0.1) is 5.92 Å². The van der Waals surface area contributed by atoms with Gasteiger partial charge in [0.1, 0.15) is 12.1 Å². The molecule has 3 aliphatic rings. The van der Waals surface area contributed by atoms with Crippen LogP contribution in [0.1, 0.15) is 6.42 Å². The maximum atomic E-state index is 9.44. The molecule has 3 N–H and O–H groups in total. The van der Waals surface area contributed by atoms with Gasteiger partial charge in [-0.2, -0.15) is 0 Å². The van der Waals surface area contributed by atoms with Gasteiger partial charge in [-0.05, 0) is 6.42 Å². The van der Waals surface area contributed by atoms with E-state index in [-0.39, 0.29) is 5.92 Å². The van der Waals surface area contributed by atoms with E-state index >= 15 is 0 Å². The van der Waals surface area contributed by atoms with Crippen molar-refractivity contribution in [2.24, 2.45) is 31.6 Å². The minimum absolute atomic E-state index is 0.0939. The molecule has 0 aromatic heterocycles. The van der Waals surface area contributed by atoms with E-state index < -0.39 is 11.9 Å². The van der Waals surface area contributed by atoms with Crippen LogP contribution in [0.25, 0.3) is 0 Å². The summed E-state index contributed by atoms with van der Waals surface area (Å²) in [6, 6.07) is 0. The smallest absolute Gasteiger partial charge is 0.210 e. The van der Waals surface area contributed by atoms with E-state index in [0.29, 0.717) is 18.0 Å². The second kappa shape index (κ2) is 3.16. The molecule has 0 saturated carbocycles. The van der Waals surface area contributed by atoms with Gasteiger partial charge in [0.15, 0.2) is 5.84 Å². The lowest BCUT2D eigenvalue weighted by atomic mass is 9.99. The van der Waals surface area contributed by atoms with Crippen LogP contribution in [0.4, 0.5) is 0 Å². The Bertz CT molecular complexity index is 476. The zero-order valence-electron chi connectivity index (χ0n) is 8.48. The highest BCUT2D eigenvalue weighted by Gasteiger charge is 2.39. The first-order valence-corrected chi connectivity index (χ1v) is 5.08. The van der Waals surface area contributed by atoms with E-state index in [2.05, 4.69) is 20.0 Å². The van der Waals surface area contributed by atoms with Gasteiger partial charge >= 0.3 is 0 Å². The van der Waals surface area contributed by atoms with E-state index in [0.717, 1.165) is 0 Å². The quantitative estimate of drug-likeness (QED) is 0.579. The third-order valence-electron chi connectivity index (χ3n) is 2.89. The maximum absolute atomic E-state index is 9.44. The molecule has 3 atom stereocenters. The fraction of sp³-hybridized carbons (Fsp3) is 0.400. The molecule has 6 nitrogen and oxygen atoms in total. The Kier molecular flexibility index (Phi) is 1.89. The van der Waals surface area contributed by atoms with Gasteiger partial charge in [-0.3, -0.25) is 5.73 Å². The van der Waals surface area contributed by atoms with Crippen molar-refractivity contribution >= 4 is 24.1 Å². The minimum atomic E-state index is -1.05. The Morgan fingerprint density at radius 3 is 3.06 bits per heavy atom. The summed E-state index contributed by atoms with van der Waals surface area (Å²) in [6.45, 7) is 0. The second-order valence-electron chi connectivity index (χ2n) is 4.03. The number of rotatable bonds is 1. The monoisotopic (exact) mass is 217 g/mol. The molecule has 0 bridgehead atoms. The van der Waals surface area contributed by atoms with Crippen molar-refractivity contribution in [2.45, 2.75) is 18.3 Å². The van der Waals surface area contributed by atoms with Crippen molar-refractivity contribution in [2.75, 3.05) is 0 Å². The van der Waals surface area contributed by atoms with Crippen LogP contribution in [-0.2, 0) is 0 Å². The maximum Gasteiger partial charge on any atom is 0.210 e. The summed E-state index contributed by atoms with van der Waals surface area (Å²) >= 11 is 0. The van der Waals surface area contributed by atoms with Gasteiger partial charge < -0.3 is 5.11 Å². The Balaban J connectivity index is 1.93. The molecule has 3 rings (SSSR count). The number of amidine groups is 1. The molecule has 0 aromatic rings.